The first-order valence-corrected chi connectivity index (χ1v) is 5.70. The number of anilines is 2. The van der Waals surface area contributed by atoms with Crippen LogP contribution in [0.3, 0.4) is 0 Å². The van der Waals surface area contributed by atoms with Crippen molar-refractivity contribution in [3.8, 4) is 0 Å². The molecule has 0 saturated heterocycles. The van der Waals surface area contributed by atoms with E-state index in [9.17, 15) is 0 Å². The van der Waals surface area contributed by atoms with Crippen LogP contribution in [0.4, 0.5) is 11.4 Å². The van der Waals surface area contributed by atoms with E-state index in [0.717, 1.165) is 28.0 Å². The fourth-order valence-electron chi connectivity index (χ4n) is 2.05. The van der Waals surface area contributed by atoms with Crippen LogP contribution in [0.25, 0.3) is 10.9 Å². The molecule has 0 radical (unpaired) electrons. The molecule has 0 bridgehead atoms. The second-order valence-electron chi connectivity index (χ2n) is 4.30. The summed E-state index contributed by atoms with van der Waals surface area (Å²) in [7, 11) is 1.98. The highest BCUT2D eigenvalue weighted by atomic mass is 16.3. The molecule has 3 rings (SSSR count). The Labute approximate surface area is 104 Å². The van der Waals surface area contributed by atoms with Crippen LogP contribution < -0.4 is 10.6 Å². The number of H-pyrrole nitrogens is 1. The van der Waals surface area contributed by atoms with Gasteiger partial charge in [-0.05, 0) is 24.3 Å². The van der Waals surface area contributed by atoms with E-state index < -0.39 is 0 Å². The molecule has 2 aromatic heterocycles. The lowest BCUT2D eigenvalue weighted by Gasteiger charge is -2.19. The Morgan fingerprint density at radius 3 is 3.11 bits per heavy atom. The maximum absolute atomic E-state index is 6.06. The van der Waals surface area contributed by atoms with Crippen molar-refractivity contribution in [2.24, 2.45) is 0 Å². The third kappa shape index (κ3) is 1.79. The van der Waals surface area contributed by atoms with E-state index in [-0.39, 0.29) is 0 Å². The van der Waals surface area contributed by atoms with Gasteiger partial charge in [0.25, 0.3) is 0 Å². The van der Waals surface area contributed by atoms with Crippen molar-refractivity contribution in [2.45, 2.75) is 6.54 Å². The van der Waals surface area contributed by atoms with Crippen molar-refractivity contribution < 1.29 is 4.42 Å². The van der Waals surface area contributed by atoms with Gasteiger partial charge < -0.3 is 15.1 Å². The van der Waals surface area contributed by atoms with Crippen LogP contribution >= 0.6 is 0 Å². The van der Waals surface area contributed by atoms with Gasteiger partial charge in [0.2, 0.25) is 0 Å². The van der Waals surface area contributed by atoms with E-state index in [1.807, 2.05) is 31.3 Å². The molecule has 0 spiro atoms. The number of aromatic nitrogens is 2. The van der Waals surface area contributed by atoms with Gasteiger partial charge in [-0.1, -0.05) is 0 Å². The van der Waals surface area contributed by atoms with Crippen molar-refractivity contribution >= 4 is 22.3 Å². The summed E-state index contributed by atoms with van der Waals surface area (Å²) in [5.74, 6) is 0.904. The number of rotatable bonds is 3. The lowest BCUT2D eigenvalue weighted by atomic mass is 10.2. The molecule has 5 nitrogen and oxygen atoms in total. The third-order valence-electron chi connectivity index (χ3n) is 2.97. The number of benzene rings is 1. The Balaban J connectivity index is 1.94. The standard InChI is InChI=1S/C13H14N4O/c1-17(8-10-3-2-4-18-10)13-6-12-9(5-11(13)14)7-15-16-12/h2-7H,8,14H2,1H3,(H,15,16). The number of nitrogen functional groups attached to an aromatic ring is 1. The zero-order chi connectivity index (χ0) is 12.5. The highest BCUT2D eigenvalue weighted by Gasteiger charge is 2.09. The molecule has 0 unspecified atom stereocenters. The molecule has 2 heterocycles. The summed E-state index contributed by atoms with van der Waals surface area (Å²) in [5, 5.41) is 7.96. The quantitative estimate of drug-likeness (QED) is 0.692. The summed E-state index contributed by atoms with van der Waals surface area (Å²) < 4.78 is 5.34. The molecule has 0 fully saturated rings. The number of fused-ring (bicyclic) bond motifs is 1. The molecule has 92 valence electrons. The van der Waals surface area contributed by atoms with E-state index in [1.54, 1.807) is 12.5 Å². The molecule has 0 aliphatic heterocycles. The Kier molecular flexibility index (Phi) is 2.44. The number of hydrogen-bond acceptors (Lipinski definition) is 4. The van der Waals surface area contributed by atoms with E-state index in [1.165, 1.54) is 0 Å². The molecule has 0 saturated carbocycles. The van der Waals surface area contributed by atoms with E-state index in [2.05, 4.69) is 15.1 Å². The van der Waals surface area contributed by atoms with Crippen molar-refractivity contribution in [1.29, 1.82) is 0 Å². The van der Waals surface area contributed by atoms with E-state index in [4.69, 9.17) is 10.2 Å². The number of aromatic amines is 1. The van der Waals surface area contributed by atoms with Gasteiger partial charge in [0.05, 0.1) is 35.9 Å². The first-order chi connectivity index (χ1) is 8.74. The lowest BCUT2D eigenvalue weighted by molar-refractivity contribution is 0.507. The average Bonchev–Trinajstić information content (AvgIpc) is 2.98. The number of furan rings is 1. The van der Waals surface area contributed by atoms with Gasteiger partial charge in [0.15, 0.2) is 0 Å². The zero-order valence-electron chi connectivity index (χ0n) is 10.1. The lowest BCUT2D eigenvalue weighted by Crippen LogP contribution is -2.17. The summed E-state index contributed by atoms with van der Waals surface area (Å²) in [6.07, 6.45) is 3.44. The molecule has 3 aromatic rings. The van der Waals surface area contributed by atoms with Crippen LogP contribution in [0.2, 0.25) is 0 Å². The predicted octanol–water partition coefficient (Wildman–Crippen LogP) is 2.37. The molecular formula is C13H14N4O. The maximum atomic E-state index is 6.06. The SMILES string of the molecule is CN(Cc1ccco1)c1cc2[nH]ncc2cc1N. The van der Waals surface area contributed by atoms with Crippen molar-refractivity contribution in [3.05, 3.63) is 42.5 Å². The van der Waals surface area contributed by atoms with Crippen molar-refractivity contribution in [1.82, 2.24) is 10.2 Å². The van der Waals surface area contributed by atoms with Crippen molar-refractivity contribution in [3.63, 3.8) is 0 Å². The van der Waals surface area contributed by atoms with Crippen LogP contribution in [-0.2, 0) is 6.54 Å². The second-order valence-corrected chi connectivity index (χ2v) is 4.30. The number of hydrogen-bond donors (Lipinski definition) is 2. The minimum Gasteiger partial charge on any atom is -0.467 e. The molecule has 0 atom stereocenters. The number of nitrogens with two attached hydrogens (primary N) is 1. The Hall–Kier alpha value is -2.43. The molecule has 0 aliphatic rings. The number of nitrogens with one attached hydrogen (secondary N) is 1. The summed E-state index contributed by atoms with van der Waals surface area (Å²) in [6.45, 7) is 0.677. The van der Waals surface area contributed by atoms with E-state index >= 15 is 0 Å². The minimum absolute atomic E-state index is 0.677. The van der Waals surface area contributed by atoms with Gasteiger partial charge in [-0.25, -0.2) is 0 Å². The highest BCUT2D eigenvalue weighted by molar-refractivity contribution is 5.88. The Bertz CT molecular complexity index is 657. The minimum atomic E-state index is 0.677. The van der Waals surface area contributed by atoms with Gasteiger partial charge in [0, 0.05) is 12.4 Å². The zero-order valence-corrected chi connectivity index (χ0v) is 10.1. The van der Waals surface area contributed by atoms with Gasteiger partial charge in [-0.2, -0.15) is 5.10 Å². The van der Waals surface area contributed by atoms with Gasteiger partial charge in [0.1, 0.15) is 5.76 Å². The molecular weight excluding hydrogens is 228 g/mol. The van der Waals surface area contributed by atoms with Crippen LogP contribution in [0.5, 0.6) is 0 Å². The summed E-state index contributed by atoms with van der Waals surface area (Å²) >= 11 is 0. The largest absolute Gasteiger partial charge is 0.467 e. The molecule has 5 heteroatoms. The van der Waals surface area contributed by atoms with Gasteiger partial charge in [-0.15, -0.1) is 0 Å². The normalized spacial score (nSPS) is 10.9. The van der Waals surface area contributed by atoms with Crippen LogP contribution in [0.1, 0.15) is 5.76 Å². The maximum Gasteiger partial charge on any atom is 0.123 e. The van der Waals surface area contributed by atoms with E-state index in [0.29, 0.717) is 6.54 Å². The summed E-state index contributed by atoms with van der Waals surface area (Å²) in [4.78, 5) is 2.05. The molecule has 0 aliphatic carbocycles. The number of nitrogens with zero attached hydrogens (tertiary/aromatic N) is 2. The monoisotopic (exact) mass is 242 g/mol. The van der Waals surface area contributed by atoms with Crippen LogP contribution in [0.15, 0.2) is 41.1 Å². The fourth-order valence-corrected chi connectivity index (χ4v) is 2.05. The van der Waals surface area contributed by atoms with Crippen LogP contribution in [-0.4, -0.2) is 17.2 Å². The Morgan fingerprint density at radius 1 is 1.44 bits per heavy atom. The highest BCUT2D eigenvalue weighted by Crippen LogP contribution is 2.28. The van der Waals surface area contributed by atoms with Crippen LogP contribution in [0, 0.1) is 0 Å². The first-order valence-electron chi connectivity index (χ1n) is 5.70. The topological polar surface area (TPSA) is 71.1 Å². The first kappa shape index (κ1) is 10.7. The average molecular weight is 242 g/mol. The Morgan fingerprint density at radius 2 is 2.33 bits per heavy atom. The summed E-state index contributed by atoms with van der Waals surface area (Å²) in [6, 6.07) is 7.75. The van der Waals surface area contributed by atoms with Gasteiger partial charge >= 0.3 is 0 Å². The van der Waals surface area contributed by atoms with Crippen molar-refractivity contribution in [2.75, 3.05) is 17.7 Å². The summed E-state index contributed by atoms with van der Waals surface area (Å²) in [5.41, 5.74) is 8.73. The predicted molar refractivity (Wildman–Crippen MR) is 71.3 cm³/mol. The smallest absolute Gasteiger partial charge is 0.123 e. The molecule has 3 N–H and O–H groups in total. The second kappa shape index (κ2) is 4.10. The molecule has 18 heavy (non-hydrogen) atoms. The third-order valence-corrected chi connectivity index (χ3v) is 2.97. The van der Waals surface area contributed by atoms with Gasteiger partial charge in [-0.3, -0.25) is 5.10 Å². The fraction of sp³-hybridized carbons (Fsp3) is 0.154. The molecule has 1 aromatic carbocycles. The molecule has 0 amide bonds.